The number of thiophene rings is 1. The molecule has 1 fully saturated rings. The van der Waals surface area contributed by atoms with Crippen LogP contribution in [0, 0.1) is 0 Å². The van der Waals surface area contributed by atoms with Crippen LogP contribution in [0.5, 0.6) is 5.75 Å². The van der Waals surface area contributed by atoms with Gasteiger partial charge in [-0.15, -0.1) is 11.3 Å². The molecule has 0 saturated heterocycles. The summed E-state index contributed by atoms with van der Waals surface area (Å²) in [6.07, 6.45) is 7.29. The van der Waals surface area contributed by atoms with Crippen molar-refractivity contribution in [3.63, 3.8) is 0 Å². The molecule has 1 amide bonds. The van der Waals surface area contributed by atoms with Gasteiger partial charge in [-0.2, -0.15) is 0 Å². The van der Waals surface area contributed by atoms with Gasteiger partial charge in [-0.1, -0.05) is 37.8 Å². The summed E-state index contributed by atoms with van der Waals surface area (Å²) in [5.74, 6) is 0.854. The third-order valence-electron chi connectivity index (χ3n) is 4.73. The van der Waals surface area contributed by atoms with E-state index in [1.165, 1.54) is 30.6 Å². The van der Waals surface area contributed by atoms with Crippen molar-refractivity contribution in [2.45, 2.75) is 51.2 Å². The van der Waals surface area contributed by atoms with E-state index in [1.54, 1.807) is 11.3 Å². The molecular weight excluding hydrogens is 318 g/mol. The average Bonchev–Trinajstić information content (AvgIpc) is 2.99. The Morgan fingerprint density at radius 2 is 1.96 bits per heavy atom. The van der Waals surface area contributed by atoms with Gasteiger partial charge in [-0.3, -0.25) is 4.79 Å². The first-order chi connectivity index (χ1) is 11.7. The summed E-state index contributed by atoms with van der Waals surface area (Å²) in [7, 11) is 1.94. The second-order valence-corrected chi connectivity index (χ2v) is 7.49. The minimum absolute atomic E-state index is 0.100. The Balaban J connectivity index is 1.64. The van der Waals surface area contributed by atoms with Gasteiger partial charge in [-0.05, 0) is 42.5 Å². The summed E-state index contributed by atoms with van der Waals surface area (Å²) in [4.78, 5) is 15.9. The van der Waals surface area contributed by atoms with E-state index >= 15 is 0 Å². The van der Waals surface area contributed by atoms with E-state index in [9.17, 15) is 4.79 Å². The van der Waals surface area contributed by atoms with Gasteiger partial charge in [0.25, 0.3) is 5.91 Å². The molecule has 0 radical (unpaired) electrons. The highest BCUT2D eigenvalue weighted by molar-refractivity contribution is 7.09. The molecule has 4 heteroatoms. The number of hydrogen-bond donors (Lipinski definition) is 0. The van der Waals surface area contributed by atoms with Gasteiger partial charge in [0.2, 0.25) is 0 Å². The summed E-state index contributed by atoms with van der Waals surface area (Å²) < 4.78 is 5.83. The van der Waals surface area contributed by atoms with E-state index < -0.39 is 0 Å². The van der Waals surface area contributed by atoms with Gasteiger partial charge < -0.3 is 9.64 Å². The molecule has 0 spiro atoms. The van der Waals surface area contributed by atoms with E-state index in [-0.39, 0.29) is 5.91 Å². The molecule has 3 rings (SSSR count). The highest BCUT2D eigenvalue weighted by Gasteiger charge is 2.22. The molecule has 3 nitrogen and oxygen atoms in total. The number of amides is 1. The Bertz CT molecular complexity index is 645. The van der Waals surface area contributed by atoms with Crippen LogP contribution in [0.15, 0.2) is 41.8 Å². The maximum Gasteiger partial charge on any atom is 0.253 e. The topological polar surface area (TPSA) is 29.5 Å². The molecule has 1 saturated carbocycles. The van der Waals surface area contributed by atoms with Crippen molar-refractivity contribution >= 4 is 17.2 Å². The Labute approximate surface area is 148 Å². The zero-order chi connectivity index (χ0) is 16.8. The molecule has 2 aromatic rings. The van der Waals surface area contributed by atoms with Gasteiger partial charge in [0.1, 0.15) is 12.4 Å². The van der Waals surface area contributed by atoms with E-state index in [1.807, 2.05) is 47.7 Å². The fraction of sp³-hybridized carbons (Fsp3) is 0.450. The lowest BCUT2D eigenvalue weighted by Gasteiger charge is -2.27. The molecule has 128 valence electrons. The fourth-order valence-electron chi connectivity index (χ4n) is 3.28. The minimum atomic E-state index is 0.100. The fourth-order valence-corrected chi connectivity index (χ4v) is 3.90. The number of benzene rings is 1. The first-order valence-corrected chi connectivity index (χ1v) is 9.64. The largest absolute Gasteiger partial charge is 0.488 e. The Kier molecular flexibility index (Phi) is 5.91. The summed E-state index contributed by atoms with van der Waals surface area (Å²) in [5, 5.41) is 2.04. The standard InChI is InChI=1S/C20H25NO2S/c1-21(17-9-4-2-3-5-10-17)20(22)16-8-6-11-18(14-16)23-15-19-12-7-13-24-19/h6-8,11-14,17H,2-5,9-10,15H2,1H3. The molecule has 1 aromatic heterocycles. The zero-order valence-electron chi connectivity index (χ0n) is 14.2. The summed E-state index contributed by atoms with van der Waals surface area (Å²) in [5.41, 5.74) is 0.713. The number of nitrogens with zero attached hydrogens (tertiary/aromatic N) is 1. The van der Waals surface area contributed by atoms with E-state index in [4.69, 9.17) is 4.74 Å². The normalized spacial score (nSPS) is 15.7. The Hall–Kier alpha value is -1.81. The molecule has 1 heterocycles. The number of ether oxygens (including phenoxy) is 1. The molecular formula is C20H25NO2S. The van der Waals surface area contributed by atoms with Crippen LogP contribution in [-0.4, -0.2) is 23.9 Å². The first-order valence-electron chi connectivity index (χ1n) is 8.76. The van der Waals surface area contributed by atoms with Gasteiger partial charge in [0.05, 0.1) is 0 Å². The summed E-state index contributed by atoms with van der Waals surface area (Å²) >= 11 is 1.68. The quantitative estimate of drug-likeness (QED) is 0.705. The maximum atomic E-state index is 12.8. The smallest absolute Gasteiger partial charge is 0.253 e. The molecule has 24 heavy (non-hydrogen) atoms. The molecule has 0 N–H and O–H groups in total. The van der Waals surface area contributed by atoms with E-state index in [2.05, 4.69) is 6.07 Å². The zero-order valence-corrected chi connectivity index (χ0v) is 15.1. The van der Waals surface area contributed by atoms with E-state index in [0.29, 0.717) is 18.2 Å². The highest BCUT2D eigenvalue weighted by Crippen LogP contribution is 2.23. The van der Waals surface area contributed by atoms with Crippen molar-refractivity contribution in [1.82, 2.24) is 4.90 Å². The predicted octanol–water partition coefficient (Wildman–Crippen LogP) is 5.12. The second kappa shape index (κ2) is 8.34. The first kappa shape index (κ1) is 17.0. The van der Waals surface area contributed by atoms with E-state index in [0.717, 1.165) is 18.6 Å². The van der Waals surface area contributed by atoms with Crippen LogP contribution in [0.3, 0.4) is 0 Å². The van der Waals surface area contributed by atoms with Crippen LogP contribution in [-0.2, 0) is 6.61 Å². The summed E-state index contributed by atoms with van der Waals surface area (Å²) in [6, 6.07) is 12.0. The van der Waals surface area contributed by atoms with Crippen LogP contribution >= 0.6 is 11.3 Å². The van der Waals surface area contributed by atoms with Crippen LogP contribution < -0.4 is 4.74 Å². The number of hydrogen-bond acceptors (Lipinski definition) is 3. The van der Waals surface area contributed by atoms with Gasteiger partial charge in [0.15, 0.2) is 0 Å². The second-order valence-electron chi connectivity index (χ2n) is 6.46. The lowest BCUT2D eigenvalue weighted by atomic mass is 10.1. The minimum Gasteiger partial charge on any atom is -0.488 e. The van der Waals surface area contributed by atoms with Crippen LogP contribution in [0.2, 0.25) is 0 Å². The molecule has 1 aromatic carbocycles. The number of rotatable bonds is 5. The predicted molar refractivity (Wildman–Crippen MR) is 98.7 cm³/mol. The molecule has 0 bridgehead atoms. The third-order valence-corrected chi connectivity index (χ3v) is 5.58. The van der Waals surface area contributed by atoms with Crippen molar-refractivity contribution in [3.05, 3.63) is 52.2 Å². The highest BCUT2D eigenvalue weighted by atomic mass is 32.1. The molecule has 1 aliphatic rings. The Morgan fingerprint density at radius 1 is 1.17 bits per heavy atom. The van der Waals surface area contributed by atoms with Crippen LogP contribution in [0.1, 0.15) is 53.8 Å². The monoisotopic (exact) mass is 343 g/mol. The number of carbonyl (C=O) groups is 1. The number of carbonyl (C=O) groups excluding carboxylic acids is 1. The molecule has 0 unspecified atom stereocenters. The molecule has 1 aliphatic carbocycles. The van der Waals surface area contributed by atoms with Gasteiger partial charge in [0, 0.05) is 23.5 Å². The van der Waals surface area contributed by atoms with Crippen molar-refractivity contribution in [1.29, 1.82) is 0 Å². The third kappa shape index (κ3) is 4.38. The molecule has 0 aliphatic heterocycles. The van der Waals surface area contributed by atoms with Crippen molar-refractivity contribution < 1.29 is 9.53 Å². The van der Waals surface area contributed by atoms with Crippen molar-refractivity contribution in [2.24, 2.45) is 0 Å². The maximum absolute atomic E-state index is 12.8. The van der Waals surface area contributed by atoms with Crippen LogP contribution in [0.4, 0.5) is 0 Å². The lowest BCUT2D eigenvalue weighted by Crippen LogP contribution is -2.36. The van der Waals surface area contributed by atoms with Crippen molar-refractivity contribution in [3.8, 4) is 5.75 Å². The van der Waals surface area contributed by atoms with Gasteiger partial charge in [-0.25, -0.2) is 0 Å². The average molecular weight is 343 g/mol. The van der Waals surface area contributed by atoms with Crippen molar-refractivity contribution in [2.75, 3.05) is 7.05 Å². The SMILES string of the molecule is CN(C(=O)c1cccc(OCc2cccs2)c1)C1CCCCCC1. The lowest BCUT2D eigenvalue weighted by molar-refractivity contribution is 0.0717. The summed E-state index contributed by atoms with van der Waals surface area (Å²) in [6.45, 7) is 0.549. The Morgan fingerprint density at radius 3 is 2.67 bits per heavy atom. The van der Waals surface area contributed by atoms with Gasteiger partial charge >= 0.3 is 0 Å². The van der Waals surface area contributed by atoms with Crippen LogP contribution in [0.25, 0.3) is 0 Å². The molecule has 0 atom stereocenters.